The largest absolute Gasteiger partial charge is 0.492 e. The number of nitrogens with one attached hydrogen (secondary N) is 3. The molecular weight excluding hydrogens is 534 g/mol. The molecule has 0 radical (unpaired) electrons. The molecule has 0 unspecified atom stereocenters. The van der Waals surface area contributed by atoms with Crippen LogP contribution in [-0.2, 0) is 5.41 Å². The Labute approximate surface area is 226 Å². The summed E-state index contributed by atoms with van der Waals surface area (Å²) in [6, 6.07) is 18.8. The number of hydrogen-bond donors (Lipinski definition) is 3. The maximum absolute atomic E-state index is 12.6. The zero-order valence-corrected chi connectivity index (χ0v) is 23.2. The molecular formula is C29H32BrN3O4. The van der Waals surface area contributed by atoms with Crippen LogP contribution < -0.4 is 20.9 Å². The molecule has 0 atom stereocenters. The van der Waals surface area contributed by atoms with Gasteiger partial charge in [-0.25, -0.2) is 0 Å². The molecule has 3 rings (SSSR count). The predicted octanol–water partition coefficient (Wildman–Crippen LogP) is 6.11. The van der Waals surface area contributed by atoms with Crippen molar-refractivity contribution >= 4 is 39.3 Å². The number of amides is 3. The minimum absolute atomic E-state index is 0.00841. The second-order valence-corrected chi connectivity index (χ2v) is 11.0. The fraction of sp³-hybridized carbons (Fsp3) is 0.276. The van der Waals surface area contributed by atoms with Gasteiger partial charge in [-0.15, -0.1) is 0 Å². The van der Waals surface area contributed by atoms with Crippen molar-refractivity contribution in [2.24, 2.45) is 5.92 Å². The number of carbonyl (C=O) groups is 3. The second-order valence-electron chi connectivity index (χ2n) is 10.1. The van der Waals surface area contributed by atoms with Gasteiger partial charge < -0.3 is 10.1 Å². The van der Waals surface area contributed by atoms with Crippen molar-refractivity contribution in [3.8, 4) is 5.75 Å². The first-order valence-corrected chi connectivity index (χ1v) is 12.8. The molecule has 194 valence electrons. The van der Waals surface area contributed by atoms with Crippen molar-refractivity contribution in [1.29, 1.82) is 0 Å². The molecule has 0 aliphatic rings. The van der Waals surface area contributed by atoms with E-state index in [4.69, 9.17) is 4.74 Å². The van der Waals surface area contributed by atoms with Crippen molar-refractivity contribution in [2.45, 2.75) is 40.0 Å². The summed E-state index contributed by atoms with van der Waals surface area (Å²) in [6.45, 7) is 11.0. The minimum atomic E-state index is -0.486. The second kappa shape index (κ2) is 12.1. The van der Waals surface area contributed by atoms with Crippen molar-refractivity contribution in [3.63, 3.8) is 0 Å². The first kappa shape index (κ1) is 27.9. The normalized spacial score (nSPS) is 11.1. The smallest absolute Gasteiger partial charge is 0.269 e. The molecule has 3 amide bonds. The molecule has 0 aromatic heterocycles. The summed E-state index contributed by atoms with van der Waals surface area (Å²) in [4.78, 5) is 37.5. The molecule has 0 spiro atoms. The van der Waals surface area contributed by atoms with Crippen LogP contribution in [0.3, 0.4) is 0 Å². The lowest BCUT2D eigenvalue weighted by Gasteiger charge is -2.19. The third-order valence-corrected chi connectivity index (χ3v) is 6.09. The van der Waals surface area contributed by atoms with Crippen LogP contribution in [0.5, 0.6) is 5.75 Å². The van der Waals surface area contributed by atoms with E-state index in [0.29, 0.717) is 45.1 Å². The standard InChI is InChI=1S/C29H32BrN3O4/c1-18(2)17-37-25-15-10-21(16-24(25)30)28(36)33-32-27(35)20-8-13-23(14-9-20)31-26(34)19-6-11-22(12-7-19)29(3,4)5/h6-16,18H,17H2,1-5H3,(H,31,34)(H,32,35)(H,33,36). The van der Waals surface area contributed by atoms with Gasteiger partial charge in [0.05, 0.1) is 11.1 Å². The van der Waals surface area contributed by atoms with Gasteiger partial charge in [0.2, 0.25) is 0 Å². The van der Waals surface area contributed by atoms with Gasteiger partial charge in [0.25, 0.3) is 17.7 Å². The zero-order valence-electron chi connectivity index (χ0n) is 21.6. The molecule has 0 saturated carbocycles. The van der Waals surface area contributed by atoms with Gasteiger partial charge in [-0.1, -0.05) is 46.8 Å². The molecule has 0 fully saturated rings. The van der Waals surface area contributed by atoms with Crippen LogP contribution in [0, 0.1) is 5.92 Å². The van der Waals surface area contributed by atoms with Gasteiger partial charge in [-0.05, 0) is 87.4 Å². The number of halogens is 1. The minimum Gasteiger partial charge on any atom is -0.492 e. The number of carbonyl (C=O) groups excluding carboxylic acids is 3. The van der Waals surface area contributed by atoms with E-state index in [9.17, 15) is 14.4 Å². The van der Waals surface area contributed by atoms with Gasteiger partial charge in [-0.2, -0.15) is 0 Å². The Morgan fingerprint density at radius 2 is 1.30 bits per heavy atom. The van der Waals surface area contributed by atoms with Gasteiger partial charge >= 0.3 is 0 Å². The highest BCUT2D eigenvalue weighted by molar-refractivity contribution is 9.10. The molecule has 0 heterocycles. The quantitative estimate of drug-likeness (QED) is 0.301. The molecule has 7 nitrogen and oxygen atoms in total. The molecule has 0 aliphatic carbocycles. The van der Waals surface area contributed by atoms with E-state index >= 15 is 0 Å². The maximum atomic E-state index is 12.6. The third kappa shape index (κ3) is 7.92. The molecule has 3 aromatic rings. The molecule has 0 aliphatic heterocycles. The number of rotatable bonds is 7. The number of ether oxygens (including phenoxy) is 1. The number of hydrazine groups is 1. The van der Waals surface area contributed by atoms with Crippen molar-refractivity contribution < 1.29 is 19.1 Å². The maximum Gasteiger partial charge on any atom is 0.269 e. The fourth-order valence-electron chi connectivity index (χ4n) is 3.30. The van der Waals surface area contributed by atoms with Gasteiger partial charge in [0.15, 0.2) is 0 Å². The number of hydrogen-bond acceptors (Lipinski definition) is 4. The first-order valence-electron chi connectivity index (χ1n) is 12.0. The van der Waals surface area contributed by atoms with Gasteiger partial charge in [0.1, 0.15) is 5.75 Å². The van der Waals surface area contributed by atoms with Crippen LogP contribution in [0.15, 0.2) is 71.2 Å². The average molecular weight is 566 g/mol. The third-order valence-electron chi connectivity index (χ3n) is 5.47. The molecule has 3 N–H and O–H groups in total. The molecule has 0 saturated heterocycles. The average Bonchev–Trinajstić information content (AvgIpc) is 2.86. The van der Waals surface area contributed by atoms with E-state index in [2.05, 4.69) is 66.7 Å². The van der Waals surface area contributed by atoms with E-state index in [1.807, 2.05) is 12.1 Å². The van der Waals surface area contributed by atoms with Crippen molar-refractivity contribution in [2.75, 3.05) is 11.9 Å². The van der Waals surface area contributed by atoms with Crippen molar-refractivity contribution in [3.05, 3.63) is 93.5 Å². The van der Waals surface area contributed by atoms with Crippen LogP contribution in [0.2, 0.25) is 0 Å². The Hall–Kier alpha value is -3.65. The van der Waals surface area contributed by atoms with E-state index in [1.54, 1.807) is 54.6 Å². The SMILES string of the molecule is CC(C)COc1ccc(C(=O)NNC(=O)c2ccc(NC(=O)c3ccc(C(C)(C)C)cc3)cc2)cc1Br. The van der Waals surface area contributed by atoms with Crippen LogP contribution >= 0.6 is 15.9 Å². The zero-order chi connectivity index (χ0) is 27.2. The summed E-state index contributed by atoms with van der Waals surface area (Å²) in [7, 11) is 0. The lowest BCUT2D eigenvalue weighted by atomic mass is 9.87. The Morgan fingerprint density at radius 3 is 1.84 bits per heavy atom. The topological polar surface area (TPSA) is 96.5 Å². The summed E-state index contributed by atoms with van der Waals surface area (Å²) >= 11 is 3.41. The van der Waals surface area contributed by atoms with Crippen LogP contribution in [0.4, 0.5) is 5.69 Å². The molecule has 8 heteroatoms. The highest BCUT2D eigenvalue weighted by Crippen LogP contribution is 2.26. The predicted molar refractivity (Wildman–Crippen MR) is 149 cm³/mol. The van der Waals surface area contributed by atoms with Crippen molar-refractivity contribution in [1.82, 2.24) is 10.9 Å². The molecule has 3 aromatic carbocycles. The Bertz CT molecular complexity index is 1260. The number of anilines is 1. The summed E-state index contributed by atoms with van der Waals surface area (Å²) < 4.78 is 6.34. The van der Waals surface area contributed by atoms with E-state index < -0.39 is 11.8 Å². The first-order chi connectivity index (χ1) is 17.4. The lowest BCUT2D eigenvalue weighted by molar-refractivity contribution is 0.0846. The Balaban J connectivity index is 1.53. The lowest BCUT2D eigenvalue weighted by Crippen LogP contribution is -2.41. The molecule has 0 bridgehead atoms. The highest BCUT2D eigenvalue weighted by atomic mass is 79.9. The fourth-order valence-corrected chi connectivity index (χ4v) is 3.80. The Morgan fingerprint density at radius 1 is 0.784 bits per heavy atom. The highest BCUT2D eigenvalue weighted by Gasteiger charge is 2.15. The summed E-state index contributed by atoms with van der Waals surface area (Å²) in [5, 5.41) is 2.82. The van der Waals surface area contributed by atoms with Gasteiger partial charge in [0, 0.05) is 22.4 Å². The van der Waals surface area contributed by atoms with Crippen LogP contribution in [0.25, 0.3) is 0 Å². The monoisotopic (exact) mass is 565 g/mol. The molecule has 37 heavy (non-hydrogen) atoms. The van der Waals surface area contributed by atoms with E-state index in [0.717, 1.165) is 5.56 Å². The van der Waals surface area contributed by atoms with Crippen LogP contribution in [0.1, 0.15) is 71.3 Å². The Kier molecular flexibility index (Phi) is 9.10. The summed E-state index contributed by atoms with van der Waals surface area (Å²) in [5.41, 5.74) is 7.74. The summed E-state index contributed by atoms with van der Waals surface area (Å²) in [5.74, 6) is -0.174. The van der Waals surface area contributed by atoms with Crippen LogP contribution in [-0.4, -0.2) is 24.3 Å². The van der Waals surface area contributed by atoms with Gasteiger partial charge in [-0.3, -0.25) is 25.2 Å². The number of benzene rings is 3. The summed E-state index contributed by atoms with van der Waals surface area (Å²) in [6.07, 6.45) is 0. The van der Waals surface area contributed by atoms with E-state index in [-0.39, 0.29) is 11.3 Å². The van der Waals surface area contributed by atoms with E-state index in [1.165, 1.54) is 0 Å².